The molecule has 0 unspecified atom stereocenters. The first-order chi connectivity index (χ1) is 12.0. The molecule has 3 rings (SSSR count). The van der Waals surface area contributed by atoms with Crippen LogP contribution < -0.4 is 0 Å². The van der Waals surface area contributed by atoms with Crippen molar-refractivity contribution >= 4 is 46.9 Å². The van der Waals surface area contributed by atoms with Crippen molar-refractivity contribution in [3.8, 4) is 0 Å². The standard InChI is InChI=1S/C14H14BrFN4O4S2/c1-8(2)25(21,22)19-7-17-14(18-19)26(23,24)20-9(3)13(15)11-5-4-10(16)6-12(11)20/h4-8H,1-3H3. The summed E-state index contributed by atoms with van der Waals surface area (Å²) < 4.78 is 65.8. The van der Waals surface area contributed by atoms with E-state index < -0.39 is 36.3 Å². The normalized spacial score (nSPS) is 13.0. The molecule has 26 heavy (non-hydrogen) atoms. The Kier molecular flexibility index (Phi) is 4.48. The topological polar surface area (TPSA) is 104 Å². The molecular formula is C14H14BrFN4O4S2. The first-order valence-corrected chi connectivity index (χ1v) is 11.1. The third-order valence-corrected chi connectivity index (χ3v) is 8.31. The van der Waals surface area contributed by atoms with Gasteiger partial charge in [-0.15, -0.1) is 9.19 Å². The Morgan fingerprint density at radius 2 is 1.85 bits per heavy atom. The van der Waals surface area contributed by atoms with E-state index in [4.69, 9.17) is 0 Å². The third kappa shape index (κ3) is 2.76. The molecule has 0 radical (unpaired) electrons. The number of hydrogen-bond donors (Lipinski definition) is 0. The quantitative estimate of drug-likeness (QED) is 0.586. The van der Waals surface area contributed by atoms with Crippen molar-refractivity contribution in [2.75, 3.05) is 0 Å². The van der Waals surface area contributed by atoms with E-state index in [1.807, 2.05) is 0 Å². The van der Waals surface area contributed by atoms with Crippen molar-refractivity contribution in [3.05, 3.63) is 40.5 Å². The van der Waals surface area contributed by atoms with Gasteiger partial charge in [-0.05, 0) is 54.9 Å². The summed E-state index contributed by atoms with van der Waals surface area (Å²) in [6.07, 6.45) is 0.832. The van der Waals surface area contributed by atoms with Gasteiger partial charge in [0.15, 0.2) is 0 Å². The fourth-order valence-corrected chi connectivity index (χ4v) is 5.29. The highest BCUT2D eigenvalue weighted by molar-refractivity contribution is 9.10. The van der Waals surface area contributed by atoms with Gasteiger partial charge in [-0.3, -0.25) is 0 Å². The Hall–Kier alpha value is -1.79. The molecule has 12 heteroatoms. The molecular weight excluding hydrogens is 451 g/mol. The summed E-state index contributed by atoms with van der Waals surface area (Å²) >= 11 is 3.30. The molecule has 1 aromatic carbocycles. The molecule has 0 spiro atoms. The maximum Gasteiger partial charge on any atom is 0.305 e. The lowest BCUT2D eigenvalue weighted by Gasteiger charge is -2.07. The van der Waals surface area contributed by atoms with Crippen molar-refractivity contribution in [3.63, 3.8) is 0 Å². The molecule has 0 saturated carbocycles. The molecule has 2 heterocycles. The van der Waals surface area contributed by atoms with Gasteiger partial charge in [0.1, 0.15) is 12.1 Å². The Morgan fingerprint density at radius 3 is 2.46 bits per heavy atom. The van der Waals surface area contributed by atoms with Crippen LogP contribution in [0.25, 0.3) is 10.9 Å². The Bertz CT molecular complexity index is 1230. The van der Waals surface area contributed by atoms with Gasteiger partial charge < -0.3 is 0 Å². The highest BCUT2D eigenvalue weighted by atomic mass is 79.9. The summed E-state index contributed by atoms with van der Waals surface area (Å²) in [5.41, 5.74) is 0.381. The van der Waals surface area contributed by atoms with Crippen LogP contribution in [0, 0.1) is 12.7 Å². The van der Waals surface area contributed by atoms with Crippen molar-refractivity contribution in [1.29, 1.82) is 0 Å². The second-order valence-electron chi connectivity index (χ2n) is 5.82. The molecule has 8 nitrogen and oxygen atoms in total. The maximum atomic E-state index is 13.7. The second-order valence-corrected chi connectivity index (χ2v) is 10.6. The van der Waals surface area contributed by atoms with Crippen LogP contribution in [0.2, 0.25) is 0 Å². The minimum Gasteiger partial charge on any atom is -0.234 e. The summed E-state index contributed by atoms with van der Waals surface area (Å²) in [7, 11) is -8.20. The fraction of sp³-hybridized carbons (Fsp3) is 0.286. The van der Waals surface area contributed by atoms with E-state index in [9.17, 15) is 21.2 Å². The second kappa shape index (κ2) is 6.13. The average molecular weight is 465 g/mol. The molecule has 0 aliphatic carbocycles. The van der Waals surface area contributed by atoms with Crippen LogP contribution in [0.1, 0.15) is 19.5 Å². The number of aromatic nitrogens is 4. The smallest absolute Gasteiger partial charge is 0.234 e. The van der Waals surface area contributed by atoms with Crippen LogP contribution in [0.3, 0.4) is 0 Å². The summed E-state index contributed by atoms with van der Waals surface area (Å²) in [6, 6.07) is 3.74. The van der Waals surface area contributed by atoms with Gasteiger partial charge >= 0.3 is 10.0 Å². The van der Waals surface area contributed by atoms with Crippen LogP contribution in [0.15, 0.2) is 34.2 Å². The summed E-state index contributed by atoms with van der Waals surface area (Å²) in [4.78, 5) is 3.65. The first kappa shape index (κ1) is 19.0. The van der Waals surface area contributed by atoms with Gasteiger partial charge in [0, 0.05) is 15.6 Å². The molecule has 0 amide bonds. The predicted molar refractivity (Wildman–Crippen MR) is 96.4 cm³/mol. The third-order valence-electron chi connectivity index (χ3n) is 3.82. The van der Waals surface area contributed by atoms with Crippen LogP contribution in [0.4, 0.5) is 4.39 Å². The Morgan fingerprint density at radius 1 is 1.19 bits per heavy atom. The van der Waals surface area contributed by atoms with E-state index in [0.29, 0.717) is 13.9 Å². The zero-order valence-corrected chi connectivity index (χ0v) is 17.1. The molecule has 0 saturated heterocycles. The number of hydrogen-bond acceptors (Lipinski definition) is 6. The van der Waals surface area contributed by atoms with E-state index in [-0.39, 0.29) is 11.2 Å². The number of benzene rings is 1. The van der Waals surface area contributed by atoms with Crippen molar-refractivity contribution < 1.29 is 21.2 Å². The lowest BCUT2D eigenvalue weighted by Crippen LogP contribution is -2.23. The molecule has 0 bridgehead atoms. The maximum absolute atomic E-state index is 13.7. The van der Waals surface area contributed by atoms with E-state index >= 15 is 0 Å². The van der Waals surface area contributed by atoms with Crippen molar-refractivity contribution in [2.24, 2.45) is 0 Å². The minimum atomic E-state index is -4.34. The first-order valence-electron chi connectivity index (χ1n) is 7.35. The van der Waals surface area contributed by atoms with Gasteiger partial charge in [0.2, 0.25) is 0 Å². The van der Waals surface area contributed by atoms with E-state index in [1.165, 1.54) is 32.9 Å². The van der Waals surface area contributed by atoms with E-state index in [0.717, 1.165) is 16.4 Å². The molecule has 0 aliphatic heterocycles. The number of nitrogens with zero attached hydrogens (tertiary/aromatic N) is 4. The fourth-order valence-electron chi connectivity index (χ4n) is 2.41. The molecule has 140 valence electrons. The SMILES string of the molecule is Cc1c(Br)c2ccc(F)cc2n1S(=O)(=O)c1ncn(S(=O)(=O)C(C)C)n1. The summed E-state index contributed by atoms with van der Waals surface area (Å²) in [5.74, 6) is -0.611. The largest absolute Gasteiger partial charge is 0.305 e. The van der Waals surface area contributed by atoms with Crippen LogP contribution in [-0.2, 0) is 20.0 Å². The van der Waals surface area contributed by atoms with Gasteiger partial charge in [0.05, 0.1) is 10.8 Å². The molecule has 0 atom stereocenters. The highest BCUT2D eigenvalue weighted by Crippen LogP contribution is 2.33. The van der Waals surface area contributed by atoms with Gasteiger partial charge in [0.25, 0.3) is 15.2 Å². The lowest BCUT2D eigenvalue weighted by atomic mass is 10.2. The number of fused-ring (bicyclic) bond motifs is 1. The molecule has 3 aromatic rings. The minimum absolute atomic E-state index is 0.0949. The van der Waals surface area contributed by atoms with Crippen molar-refractivity contribution in [1.82, 2.24) is 18.1 Å². The highest BCUT2D eigenvalue weighted by Gasteiger charge is 2.30. The monoisotopic (exact) mass is 464 g/mol. The number of halogens is 2. The van der Waals surface area contributed by atoms with Crippen LogP contribution in [0.5, 0.6) is 0 Å². The van der Waals surface area contributed by atoms with Gasteiger partial charge in [-0.25, -0.2) is 21.8 Å². The van der Waals surface area contributed by atoms with Crippen LogP contribution in [-0.4, -0.2) is 40.2 Å². The summed E-state index contributed by atoms with van der Waals surface area (Å²) in [5, 5.41) is 2.61. The molecule has 0 aliphatic rings. The zero-order valence-electron chi connectivity index (χ0n) is 13.9. The van der Waals surface area contributed by atoms with Gasteiger partial charge in [-0.2, -0.15) is 8.42 Å². The predicted octanol–water partition coefficient (Wildman–Crippen LogP) is 2.27. The van der Waals surface area contributed by atoms with E-state index in [2.05, 4.69) is 26.0 Å². The van der Waals surface area contributed by atoms with Crippen molar-refractivity contribution in [2.45, 2.75) is 31.2 Å². The summed E-state index contributed by atoms with van der Waals surface area (Å²) in [6.45, 7) is 4.41. The Balaban J connectivity index is 2.26. The van der Waals surface area contributed by atoms with Gasteiger partial charge in [-0.1, -0.05) is 0 Å². The van der Waals surface area contributed by atoms with E-state index in [1.54, 1.807) is 0 Å². The molecule has 0 N–H and O–H groups in total. The Labute approximate surface area is 157 Å². The zero-order chi connectivity index (χ0) is 19.4. The average Bonchev–Trinajstić information content (AvgIpc) is 3.13. The lowest BCUT2D eigenvalue weighted by molar-refractivity contribution is 0.565. The number of rotatable bonds is 4. The molecule has 0 fully saturated rings. The molecule has 2 aromatic heterocycles. The van der Waals surface area contributed by atoms with Crippen LogP contribution >= 0.6 is 15.9 Å².